The number of fused-ring (bicyclic) bond motifs is 1. The fraction of sp³-hybridized carbons (Fsp3) is 0.900. The van der Waals surface area contributed by atoms with Gasteiger partial charge in [0.2, 0.25) is 0 Å². The Kier molecular flexibility index (Phi) is 2.73. The summed E-state index contributed by atoms with van der Waals surface area (Å²) in [5.74, 6) is 0.329. The molecule has 0 unspecified atom stereocenters. The molecule has 0 amide bonds. The number of sulfone groups is 2. The van der Waals surface area contributed by atoms with Crippen LogP contribution in [0.1, 0.15) is 13.3 Å². The van der Waals surface area contributed by atoms with Gasteiger partial charge in [-0.1, -0.05) is 0 Å². The fourth-order valence-electron chi connectivity index (χ4n) is 3.43. The number of hydrogen-bond acceptors (Lipinski definition) is 5. The smallest absolute Gasteiger partial charge is 0.170 e. The Morgan fingerprint density at radius 2 is 1.95 bits per heavy atom. The van der Waals surface area contributed by atoms with Crippen LogP contribution in [-0.4, -0.2) is 67.5 Å². The van der Waals surface area contributed by atoms with Crippen molar-refractivity contribution in [1.82, 2.24) is 10.2 Å². The minimum Gasteiger partial charge on any atom is -0.357 e. The van der Waals surface area contributed by atoms with Gasteiger partial charge in [-0.15, -0.1) is 0 Å². The van der Waals surface area contributed by atoms with E-state index in [4.69, 9.17) is 12.2 Å². The molecule has 9 heteroatoms. The number of thiocarbonyl (C=S) groups is 1. The summed E-state index contributed by atoms with van der Waals surface area (Å²) in [7, 11) is -6.11. The van der Waals surface area contributed by atoms with E-state index in [1.807, 2.05) is 11.8 Å². The average Bonchev–Trinajstić information content (AvgIpc) is 2.74. The Morgan fingerprint density at radius 1 is 1.26 bits per heavy atom. The quantitative estimate of drug-likeness (QED) is 0.614. The highest BCUT2D eigenvalue weighted by Crippen LogP contribution is 2.37. The van der Waals surface area contributed by atoms with Crippen LogP contribution in [0.15, 0.2) is 0 Å². The van der Waals surface area contributed by atoms with Crippen molar-refractivity contribution in [2.75, 3.05) is 23.0 Å². The lowest BCUT2D eigenvalue weighted by Crippen LogP contribution is -2.53. The maximum Gasteiger partial charge on any atom is 0.170 e. The predicted octanol–water partition coefficient (Wildman–Crippen LogP) is -1.08. The zero-order valence-electron chi connectivity index (χ0n) is 10.5. The van der Waals surface area contributed by atoms with Crippen LogP contribution >= 0.6 is 12.2 Å². The second kappa shape index (κ2) is 3.82. The first-order valence-electron chi connectivity index (χ1n) is 6.13. The molecule has 1 N–H and O–H groups in total. The predicted molar refractivity (Wildman–Crippen MR) is 75.5 cm³/mol. The maximum atomic E-state index is 11.7. The van der Waals surface area contributed by atoms with Crippen molar-refractivity contribution < 1.29 is 16.8 Å². The highest BCUT2D eigenvalue weighted by molar-refractivity contribution is 7.92. The maximum absolute atomic E-state index is 11.7. The van der Waals surface area contributed by atoms with E-state index < -0.39 is 25.2 Å². The lowest BCUT2D eigenvalue weighted by Gasteiger charge is -2.38. The molecule has 19 heavy (non-hydrogen) atoms. The summed E-state index contributed by atoms with van der Waals surface area (Å²) < 4.78 is 46.9. The number of nitrogens with one attached hydrogen (secondary N) is 1. The Hall–Kier alpha value is -0.410. The summed E-state index contributed by atoms with van der Waals surface area (Å²) in [4.78, 5) is 1.84. The van der Waals surface area contributed by atoms with E-state index in [0.717, 1.165) is 0 Å². The van der Waals surface area contributed by atoms with E-state index in [-0.39, 0.29) is 35.1 Å². The van der Waals surface area contributed by atoms with Crippen LogP contribution in [-0.2, 0) is 19.7 Å². The van der Waals surface area contributed by atoms with E-state index in [2.05, 4.69) is 5.32 Å². The van der Waals surface area contributed by atoms with Crippen molar-refractivity contribution in [2.45, 2.75) is 31.0 Å². The number of rotatable bonds is 1. The van der Waals surface area contributed by atoms with E-state index >= 15 is 0 Å². The van der Waals surface area contributed by atoms with E-state index in [1.54, 1.807) is 0 Å². The van der Waals surface area contributed by atoms with Gasteiger partial charge in [-0.25, -0.2) is 16.8 Å². The Balaban J connectivity index is 1.95. The van der Waals surface area contributed by atoms with Gasteiger partial charge in [-0.2, -0.15) is 0 Å². The van der Waals surface area contributed by atoms with Crippen LogP contribution in [0.3, 0.4) is 0 Å². The highest BCUT2D eigenvalue weighted by Gasteiger charge is 2.55. The molecular weight excluding hydrogens is 308 g/mol. The van der Waals surface area contributed by atoms with Gasteiger partial charge >= 0.3 is 0 Å². The van der Waals surface area contributed by atoms with Crippen molar-refractivity contribution in [3.8, 4) is 0 Å². The third kappa shape index (κ3) is 2.15. The molecular formula is C10H16N2O4S3. The molecule has 3 heterocycles. The molecule has 3 aliphatic rings. The van der Waals surface area contributed by atoms with Crippen LogP contribution in [0, 0.1) is 0 Å². The van der Waals surface area contributed by atoms with Gasteiger partial charge in [-0.05, 0) is 25.6 Å². The molecule has 3 fully saturated rings. The molecule has 3 rings (SSSR count). The molecule has 0 aromatic carbocycles. The first-order chi connectivity index (χ1) is 8.62. The molecule has 0 aromatic heterocycles. The molecule has 0 spiro atoms. The zero-order chi connectivity index (χ0) is 14.1. The highest BCUT2D eigenvalue weighted by atomic mass is 32.2. The lowest BCUT2D eigenvalue weighted by molar-refractivity contribution is 0.191. The van der Waals surface area contributed by atoms with Crippen molar-refractivity contribution in [3.63, 3.8) is 0 Å². The SMILES string of the molecule is C[C@]1(N2C(=S)N[C@H]3CS(=O)(=O)C[C@@H]32)CCS(=O)(=O)C1. The molecule has 0 aliphatic carbocycles. The van der Waals surface area contributed by atoms with Crippen LogP contribution in [0.25, 0.3) is 0 Å². The molecule has 0 aromatic rings. The summed E-state index contributed by atoms with van der Waals surface area (Å²) in [6.07, 6.45) is 0.500. The molecule has 3 atom stereocenters. The summed E-state index contributed by atoms with van der Waals surface area (Å²) in [5, 5.41) is 3.52. The minimum atomic E-state index is -3.06. The molecule has 6 nitrogen and oxygen atoms in total. The largest absolute Gasteiger partial charge is 0.357 e. The van der Waals surface area contributed by atoms with Crippen LogP contribution < -0.4 is 5.32 Å². The van der Waals surface area contributed by atoms with E-state index in [0.29, 0.717) is 11.5 Å². The lowest BCUT2D eigenvalue weighted by atomic mass is 9.97. The van der Waals surface area contributed by atoms with Gasteiger partial charge in [0.25, 0.3) is 0 Å². The van der Waals surface area contributed by atoms with Crippen molar-refractivity contribution in [3.05, 3.63) is 0 Å². The minimum absolute atomic E-state index is 0.0467. The zero-order valence-corrected chi connectivity index (χ0v) is 12.9. The number of hydrogen-bond donors (Lipinski definition) is 1. The topological polar surface area (TPSA) is 83.6 Å². The van der Waals surface area contributed by atoms with Gasteiger partial charge in [0.05, 0.1) is 40.6 Å². The summed E-state index contributed by atoms with van der Waals surface area (Å²) >= 11 is 5.28. The molecule has 108 valence electrons. The number of nitrogens with zero attached hydrogens (tertiary/aromatic N) is 1. The standard InChI is InChI=1S/C10H16N2O4S3/c1-10(2-3-18(13,14)6-10)12-8-5-19(15,16)4-7(8)11-9(12)17/h7-8H,2-6H2,1H3,(H,11,17)/t7-,8-,10-/m0/s1. The van der Waals surface area contributed by atoms with Gasteiger partial charge in [0.1, 0.15) is 0 Å². The van der Waals surface area contributed by atoms with Gasteiger partial charge < -0.3 is 10.2 Å². The fourth-order valence-corrected chi connectivity index (χ4v) is 7.95. The molecule has 3 aliphatic heterocycles. The summed E-state index contributed by atoms with van der Waals surface area (Å²) in [6.45, 7) is 1.86. The monoisotopic (exact) mass is 324 g/mol. The van der Waals surface area contributed by atoms with E-state index in [9.17, 15) is 16.8 Å². The molecule has 0 saturated carbocycles. The van der Waals surface area contributed by atoms with Crippen molar-refractivity contribution >= 4 is 37.0 Å². The van der Waals surface area contributed by atoms with Crippen LogP contribution in [0.2, 0.25) is 0 Å². The van der Waals surface area contributed by atoms with E-state index in [1.165, 1.54) is 0 Å². The van der Waals surface area contributed by atoms with Crippen molar-refractivity contribution in [1.29, 1.82) is 0 Å². The molecule has 0 radical (unpaired) electrons. The Bertz CT molecular complexity index is 630. The second-order valence-corrected chi connectivity index (χ2v) is 10.6. The molecule has 0 bridgehead atoms. The van der Waals surface area contributed by atoms with Gasteiger partial charge in [0.15, 0.2) is 24.8 Å². The average molecular weight is 324 g/mol. The van der Waals surface area contributed by atoms with Crippen LogP contribution in [0.5, 0.6) is 0 Å². The van der Waals surface area contributed by atoms with Crippen molar-refractivity contribution in [2.24, 2.45) is 0 Å². The Morgan fingerprint density at radius 3 is 2.53 bits per heavy atom. The molecule has 3 saturated heterocycles. The summed E-state index contributed by atoms with van der Waals surface area (Å²) in [6, 6.07) is -0.423. The van der Waals surface area contributed by atoms with Gasteiger partial charge in [0, 0.05) is 0 Å². The first kappa shape index (κ1) is 13.6. The second-order valence-electron chi connectivity index (χ2n) is 5.91. The normalized spacial score (nSPS) is 43.2. The first-order valence-corrected chi connectivity index (χ1v) is 10.2. The van der Waals surface area contributed by atoms with Gasteiger partial charge in [-0.3, -0.25) is 0 Å². The van der Waals surface area contributed by atoms with Crippen LogP contribution in [0.4, 0.5) is 0 Å². The summed E-state index contributed by atoms with van der Waals surface area (Å²) in [5.41, 5.74) is -0.581. The third-order valence-electron chi connectivity index (χ3n) is 4.25. The third-order valence-corrected chi connectivity index (χ3v) is 8.16. The Labute approximate surface area is 118 Å².